The van der Waals surface area contributed by atoms with Crippen LogP contribution in [0.25, 0.3) is 0 Å². The molecule has 0 fully saturated rings. The van der Waals surface area contributed by atoms with E-state index in [0.29, 0.717) is 16.3 Å². The van der Waals surface area contributed by atoms with Gasteiger partial charge in [0.1, 0.15) is 5.00 Å². The van der Waals surface area contributed by atoms with Crippen molar-refractivity contribution in [1.82, 2.24) is 4.72 Å². The average Bonchev–Trinajstić information content (AvgIpc) is 3.40. The van der Waals surface area contributed by atoms with Crippen molar-refractivity contribution >= 4 is 61.3 Å². The molecule has 3 aromatic rings. The van der Waals surface area contributed by atoms with Crippen molar-refractivity contribution in [2.24, 2.45) is 0 Å². The topological polar surface area (TPSA) is 114 Å². The molecule has 0 atom stereocenters. The van der Waals surface area contributed by atoms with Crippen LogP contribution in [-0.4, -0.2) is 32.5 Å². The number of nitrogens with one attached hydrogen (secondary N) is 3. The fraction of sp³-hybridized carbons (Fsp3) is 0.174. The van der Waals surface area contributed by atoms with Gasteiger partial charge in [0.15, 0.2) is 5.11 Å². The van der Waals surface area contributed by atoms with Crippen LogP contribution in [0.5, 0.6) is 0 Å². The summed E-state index contributed by atoms with van der Waals surface area (Å²) in [6.45, 7) is 0. The lowest BCUT2D eigenvalue weighted by Crippen LogP contribution is -2.30. The fourth-order valence-electron chi connectivity index (χ4n) is 3.62. The predicted molar refractivity (Wildman–Crippen MR) is 135 cm³/mol. The van der Waals surface area contributed by atoms with Crippen LogP contribution in [0.4, 0.5) is 10.7 Å². The Kier molecular flexibility index (Phi) is 6.96. The van der Waals surface area contributed by atoms with Crippen LogP contribution in [0.1, 0.15) is 37.6 Å². The van der Waals surface area contributed by atoms with Crippen molar-refractivity contribution < 1.29 is 22.7 Å². The first kappa shape index (κ1) is 23.9. The first-order valence-corrected chi connectivity index (χ1v) is 13.0. The van der Waals surface area contributed by atoms with Crippen molar-refractivity contribution in [3.05, 3.63) is 76.2 Å². The maximum absolute atomic E-state index is 12.6. The number of fused-ring (bicyclic) bond motifs is 1. The molecule has 1 heterocycles. The van der Waals surface area contributed by atoms with Crippen LogP contribution < -0.4 is 15.4 Å². The number of carbonyl (C=O) groups excluding carboxylic acids is 2. The van der Waals surface area contributed by atoms with E-state index in [0.717, 1.165) is 29.7 Å². The quantitative estimate of drug-likeness (QED) is 0.334. The third kappa shape index (κ3) is 5.11. The summed E-state index contributed by atoms with van der Waals surface area (Å²) in [5, 5.41) is 6.90. The first-order valence-electron chi connectivity index (χ1n) is 10.3. The third-order valence-corrected chi connectivity index (χ3v) is 7.98. The Morgan fingerprint density at radius 1 is 1.00 bits per heavy atom. The van der Waals surface area contributed by atoms with E-state index in [1.54, 1.807) is 18.2 Å². The van der Waals surface area contributed by atoms with Gasteiger partial charge in [0.2, 0.25) is 0 Å². The minimum atomic E-state index is -4.04. The molecule has 8 nitrogen and oxygen atoms in total. The number of esters is 1. The molecule has 0 bridgehead atoms. The van der Waals surface area contributed by atoms with Gasteiger partial charge in [-0.25, -0.2) is 17.9 Å². The van der Waals surface area contributed by atoms with E-state index in [1.807, 2.05) is 0 Å². The number of methoxy groups -OCH3 is 1. The lowest BCUT2D eigenvalue weighted by atomic mass is 10.1. The zero-order chi connectivity index (χ0) is 24.3. The summed E-state index contributed by atoms with van der Waals surface area (Å²) in [4.78, 5) is 25.6. The molecule has 176 valence electrons. The maximum Gasteiger partial charge on any atom is 0.341 e. The Labute approximate surface area is 206 Å². The first-order chi connectivity index (χ1) is 16.3. The van der Waals surface area contributed by atoms with Gasteiger partial charge < -0.3 is 15.4 Å². The number of benzene rings is 2. The lowest BCUT2D eigenvalue weighted by Gasteiger charge is -2.12. The number of amides is 1. The van der Waals surface area contributed by atoms with E-state index in [1.165, 1.54) is 54.8 Å². The molecule has 11 heteroatoms. The molecule has 0 aliphatic heterocycles. The van der Waals surface area contributed by atoms with Gasteiger partial charge in [0.25, 0.3) is 15.9 Å². The van der Waals surface area contributed by atoms with Gasteiger partial charge in [-0.2, -0.15) is 0 Å². The van der Waals surface area contributed by atoms with E-state index in [9.17, 15) is 18.0 Å². The number of anilines is 2. The molecule has 2 aromatic carbocycles. The van der Waals surface area contributed by atoms with Crippen molar-refractivity contribution in [3.8, 4) is 0 Å². The number of thiophene rings is 1. The highest BCUT2D eigenvalue weighted by Gasteiger charge is 2.27. The minimum absolute atomic E-state index is 0.0659. The van der Waals surface area contributed by atoms with Gasteiger partial charge in [0.05, 0.1) is 17.6 Å². The molecule has 3 N–H and O–H groups in total. The molecule has 1 aliphatic rings. The van der Waals surface area contributed by atoms with E-state index in [-0.39, 0.29) is 15.6 Å². The highest BCUT2D eigenvalue weighted by molar-refractivity contribution is 7.90. The second-order valence-corrected chi connectivity index (χ2v) is 10.7. The number of hydrogen-bond donors (Lipinski definition) is 3. The third-order valence-electron chi connectivity index (χ3n) is 5.22. The molecule has 1 aliphatic carbocycles. The van der Waals surface area contributed by atoms with Gasteiger partial charge in [-0.05, 0) is 73.4 Å². The summed E-state index contributed by atoms with van der Waals surface area (Å²) in [5.74, 6) is -1.12. The van der Waals surface area contributed by atoms with Gasteiger partial charge in [0, 0.05) is 16.1 Å². The van der Waals surface area contributed by atoms with Gasteiger partial charge in [-0.3, -0.25) is 4.79 Å². The van der Waals surface area contributed by atoms with Gasteiger partial charge in [-0.1, -0.05) is 18.2 Å². The molecule has 4 rings (SSSR count). The van der Waals surface area contributed by atoms with Crippen LogP contribution in [0.15, 0.2) is 59.5 Å². The second-order valence-electron chi connectivity index (χ2n) is 7.46. The van der Waals surface area contributed by atoms with Gasteiger partial charge >= 0.3 is 5.97 Å². The highest BCUT2D eigenvalue weighted by Crippen LogP contribution is 2.39. The summed E-state index contributed by atoms with van der Waals surface area (Å²) in [5.41, 5.74) is 2.30. The molecular formula is C23H21N3O5S3. The Hall–Kier alpha value is -3.28. The highest BCUT2D eigenvalue weighted by atomic mass is 32.2. The fourth-order valence-corrected chi connectivity index (χ4v) is 6.16. The minimum Gasteiger partial charge on any atom is -0.465 e. The van der Waals surface area contributed by atoms with E-state index < -0.39 is 21.9 Å². The molecular weight excluding hydrogens is 494 g/mol. The number of hydrogen-bond acceptors (Lipinski definition) is 7. The second kappa shape index (κ2) is 9.92. The summed E-state index contributed by atoms with van der Waals surface area (Å²) in [7, 11) is -2.70. The molecule has 0 radical (unpaired) electrons. The Morgan fingerprint density at radius 3 is 2.38 bits per heavy atom. The smallest absolute Gasteiger partial charge is 0.341 e. The van der Waals surface area contributed by atoms with Crippen LogP contribution in [-0.2, 0) is 27.6 Å². The Bertz CT molecular complexity index is 1350. The zero-order valence-electron chi connectivity index (χ0n) is 18.1. The number of ether oxygens (including phenoxy) is 1. The normalized spacial score (nSPS) is 12.5. The molecule has 1 amide bonds. The van der Waals surface area contributed by atoms with Crippen molar-refractivity contribution in [2.75, 3.05) is 17.7 Å². The largest absolute Gasteiger partial charge is 0.465 e. The number of aryl methyl sites for hydroxylation is 1. The standard InChI is InChI=1S/C23H21N3O5S3/c1-31-22(28)19-17-8-5-9-18(17)33-21(19)25-23(32)24-15-10-12-16(13-11-15)34(29,30)26-20(27)14-6-3-2-4-7-14/h2-4,6-7,10-13H,5,8-9H2,1H3,(H,26,27)(H2,24,25,32). The number of thiocarbonyl (C=S) groups is 1. The molecule has 1 aromatic heterocycles. The summed E-state index contributed by atoms with van der Waals surface area (Å²) in [6, 6.07) is 13.9. The number of sulfonamides is 1. The van der Waals surface area contributed by atoms with Crippen LogP contribution in [0, 0.1) is 0 Å². The molecule has 0 unspecified atom stereocenters. The van der Waals surface area contributed by atoms with Gasteiger partial charge in [-0.15, -0.1) is 11.3 Å². The van der Waals surface area contributed by atoms with Crippen molar-refractivity contribution in [3.63, 3.8) is 0 Å². The predicted octanol–water partition coefficient (Wildman–Crippen LogP) is 3.95. The van der Waals surface area contributed by atoms with Crippen molar-refractivity contribution in [1.29, 1.82) is 0 Å². The van der Waals surface area contributed by atoms with Crippen LogP contribution in [0.2, 0.25) is 0 Å². The summed E-state index contributed by atoms with van der Waals surface area (Å²) >= 11 is 6.86. The summed E-state index contributed by atoms with van der Waals surface area (Å²) < 4.78 is 32.1. The SMILES string of the molecule is COC(=O)c1c(NC(=S)Nc2ccc(S(=O)(=O)NC(=O)c3ccccc3)cc2)sc2c1CCC2. The van der Waals surface area contributed by atoms with Crippen molar-refractivity contribution in [2.45, 2.75) is 24.2 Å². The molecule has 0 saturated heterocycles. The monoisotopic (exact) mass is 515 g/mol. The number of rotatable bonds is 6. The maximum atomic E-state index is 12.6. The Morgan fingerprint density at radius 2 is 1.71 bits per heavy atom. The Balaban J connectivity index is 1.43. The average molecular weight is 516 g/mol. The van der Waals surface area contributed by atoms with Crippen LogP contribution in [0.3, 0.4) is 0 Å². The summed E-state index contributed by atoms with van der Waals surface area (Å²) in [6.07, 6.45) is 2.76. The van der Waals surface area contributed by atoms with Crippen LogP contribution >= 0.6 is 23.6 Å². The number of carbonyl (C=O) groups is 2. The molecule has 34 heavy (non-hydrogen) atoms. The van der Waals surface area contributed by atoms with E-state index >= 15 is 0 Å². The van der Waals surface area contributed by atoms with E-state index in [2.05, 4.69) is 15.4 Å². The van der Waals surface area contributed by atoms with E-state index in [4.69, 9.17) is 17.0 Å². The lowest BCUT2D eigenvalue weighted by molar-refractivity contribution is 0.0601. The molecule has 0 spiro atoms. The zero-order valence-corrected chi connectivity index (χ0v) is 20.5. The molecule has 0 saturated carbocycles.